The molecule has 1 aliphatic carbocycles. The molecule has 9 heteroatoms. The van der Waals surface area contributed by atoms with Crippen molar-refractivity contribution in [3.05, 3.63) is 348 Å². The molecule has 0 saturated heterocycles. The average Bonchev–Trinajstić information content (AvgIpc) is 1.03. The van der Waals surface area contributed by atoms with E-state index in [0.717, 1.165) is 181 Å². The topological polar surface area (TPSA) is 110 Å². The maximum Gasteiger partial charge on any atom is 2.00 e. The zero-order chi connectivity index (χ0) is 72.6. The Kier molecular flexibility index (Phi) is 17.7. The molecule has 0 radical (unpaired) electrons. The number of aromatic amines is 2. The molecule has 14 aromatic carbocycles. The third-order valence-corrected chi connectivity index (χ3v) is 22.8. The number of furan rings is 3. The first-order valence-electron chi connectivity index (χ1n) is 38.6. The van der Waals surface area contributed by atoms with Crippen molar-refractivity contribution in [2.45, 2.75) is 70.6 Å². The molecule has 0 fully saturated rings. The number of hydrogen-bond donors (Lipinski definition) is 2. The number of rotatable bonds is 19. The summed E-state index contributed by atoms with van der Waals surface area (Å²) in [7, 11) is 0. The Morgan fingerprint density at radius 1 is 0.279 bits per heavy atom. The van der Waals surface area contributed by atoms with Crippen LogP contribution in [0.25, 0.3) is 183 Å². The van der Waals surface area contributed by atoms with Crippen LogP contribution >= 0.6 is 0 Å². The smallest absolute Gasteiger partial charge is 0.460 e. The number of nitrogens with one attached hydrogen (secondary N) is 2. The van der Waals surface area contributed by atoms with E-state index in [4.69, 9.17) is 28.2 Å². The summed E-state index contributed by atoms with van der Waals surface area (Å²) in [6.07, 6.45) is 13.2. The van der Waals surface area contributed by atoms with Gasteiger partial charge >= 0.3 is 31.1 Å². The van der Waals surface area contributed by atoms with Crippen molar-refractivity contribution in [3.63, 3.8) is 0 Å². The second-order valence-electron chi connectivity index (χ2n) is 29.8. The molecule has 0 unspecified atom stereocenters. The van der Waals surface area contributed by atoms with Gasteiger partial charge in [0.15, 0.2) is 17.5 Å². The van der Waals surface area contributed by atoms with Gasteiger partial charge < -0.3 is 23.2 Å². The van der Waals surface area contributed by atoms with Crippen molar-refractivity contribution in [3.8, 4) is 78.7 Å². The van der Waals surface area contributed by atoms with E-state index in [0.29, 0.717) is 17.5 Å². The van der Waals surface area contributed by atoms with Crippen LogP contribution < -0.4 is 0 Å². The van der Waals surface area contributed by atoms with Crippen LogP contribution in [0.2, 0.25) is 0 Å². The van der Waals surface area contributed by atoms with E-state index in [1.54, 1.807) is 0 Å². The summed E-state index contributed by atoms with van der Waals surface area (Å²) < 4.78 is 19.1. The van der Waals surface area contributed by atoms with E-state index in [9.17, 15) is 0 Å². The number of aromatic nitrogens is 5. The molecule has 2 N–H and O–H groups in total. The van der Waals surface area contributed by atoms with Gasteiger partial charge in [-0.1, -0.05) is 163 Å². The minimum atomic E-state index is 0. The Bertz CT molecular complexity index is 6990. The van der Waals surface area contributed by atoms with E-state index >= 15 is 0 Å². The normalized spacial score (nSPS) is 12.4. The predicted molar refractivity (Wildman–Crippen MR) is 451 cm³/mol. The van der Waals surface area contributed by atoms with Crippen LogP contribution in [0.15, 0.2) is 310 Å². The third kappa shape index (κ3) is 13.2. The van der Waals surface area contributed by atoms with E-state index in [1.807, 2.05) is 36.4 Å². The van der Waals surface area contributed by atoms with Gasteiger partial charge in [0, 0.05) is 99.2 Å². The first kappa shape index (κ1) is 67.9. The number of fused-ring (bicyclic) bond motifs is 15. The van der Waals surface area contributed by atoms with Crippen LogP contribution in [-0.2, 0) is 38.5 Å². The van der Waals surface area contributed by atoms with E-state index in [-0.39, 0.29) is 31.1 Å². The summed E-state index contributed by atoms with van der Waals surface area (Å²) in [5, 5.41) is 10.7. The Hall–Kier alpha value is -12.4. The van der Waals surface area contributed by atoms with E-state index in [2.05, 4.69) is 283 Å². The van der Waals surface area contributed by atoms with Gasteiger partial charge in [-0.3, -0.25) is 0 Å². The standard InChI is InChI=1S/C102H73N5O3.U/c1-2-18-69(19-3-1)73-20-11-21-74(57-73)75-41-48-93-84(59-75)82-54-66(32-46-91(82)104-93)15-8-12-63-26-35-70(36-27-63)100-105-101(71-37-28-64(29-38-71)13-9-16-67-33-49-95-85(55-67)88-61-78(44-52-98(88)109-95)76-42-47-92-83(58-76)80-22-4-6-24-90(80)103-92)107-102(106-100)72-39-30-65(31-40-72)14-10-17-68-34-50-96-86(56-68)89-62-79(45-53-99(89)110-96)77-43-51-97-87(60-77)81-23-5-7-25-94(81)108-97;/h1-7,11,18,21-33,35-49,51-62,103-104H,8-10,12-17,34,50H2;/q-2;+2. The van der Waals surface area contributed by atoms with E-state index < -0.39 is 0 Å². The second kappa shape index (κ2) is 28.9. The van der Waals surface area contributed by atoms with Crippen molar-refractivity contribution >= 4 is 105 Å². The molecule has 8 nitrogen and oxygen atoms in total. The van der Waals surface area contributed by atoms with Crippen LogP contribution in [0, 0.1) is 43.2 Å². The van der Waals surface area contributed by atoms with Gasteiger partial charge in [-0.05, 0) is 217 Å². The maximum atomic E-state index is 6.49. The summed E-state index contributed by atoms with van der Waals surface area (Å²) in [6, 6.07) is 111. The fraction of sp³-hybridized carbons (Fsp3) is 0.108. The zero-order valence-corrected chi connectivity index (χ0v) is 65.3. The molecule has 0 amide bonds. The van der Waals surface area contributed by atoms with Crippen LogP contribution in [0.5, 0.6) is 0 Å². The molecule has 0 saturated carbocycles. The fourth-order valence-corrected chi connectivity index (χ4v) is 16.9. The molecule has 0 aliphatic heterocycles. The predicted octanol–water partition coefficient (Wildman–Crippen LogP) is 26.7. The average molecular weight is 1650 g/mol. The van der Waals surface area contributed by atoms with Crippen molar-refractivity contribution in [2.75, 3.05) is 0 Å². The van der Waals surface area contributed by atoms with Gasteiger partial charge in [0.25, 0.3) is 0 Å². The van der Waals surface area contributed by atoms with Gasteiger partial charge in [0.2, 0.25) is 0 Å². The van der Waals surface area contributed by atoms with Gasteiger partial charge in [-0.15, -0.1) is 17.7 Å². The van der Waals surface area contributed by atoms with Crippen LogP contribution in [0.1, 0.15) is 71.2 Å². The quantitative estimate of drug-likeness (QED) is 0.0781. The molecule has 21 rings (SSSR count). The van der Waals surface area contributed by atoms with Crippen molar-refractivity contribution in [1.29, 1.82) is 0 Å². The molecule has 1 aliphatic rings. The van der Waals surface area contributed by atoms with Crippen LogP contribution in [0.3, 0.4) is 0 Å². The van der Waals surface area contributed by atoms with Crippen molar-refractivity contribution < 1.29 is 44.4 Å². The number of benzene rings is 14. The first-order valence-corrected chi connectivity index (χ1v) is 38.6. The molecule has 6 aromatic heterocycles. The molecule has 0 atom stereocenters. The number of allylic oxidation sites excluding steroid dienone is 1. The summed E-state index contributed by atoms with van der Waals surface area (Å²) in [5.74, 6) is 3.04. The summed E-state index contributed by atoms with van der Waals surface area (Å²) >= 11 is 0. The number of H-pyrrole nitrogens is 2. The molecule has 111 heavy (non-hydrogen) atoms. The third-order valence-electron chi connectivity index (χ3n) is 22.8. The van der Waals surface area contributed by atoms with Gasteiger partial charge in [-0.2, -0.15) is 42.5 Å². The maximum absolute atomic E-state index is 6.49. The molecule has 528 valence electrons. The minimum Gasteiger partial charge on any atom is -0.460 e. The van der Waals surface area contributed by atoms with Gasteiger partial charge in [0.05, 0.1) is 0 Å². The minimum absolute atomic E-state index is 0. The monoisotopic (exact) mass is 1650 g/mol. The molecule has 6 heterocycles. The largest absolute Gasteiger partial charge is 2.00 e. The molecular formula is C102H73N5O3U. The van der Waals surface area contributed by atoms with Gasteiger partial charge in [0.1, 0.15) is 33.7 Å². The summed E-state index contributed by atoms with van der Waals surface area (Å²) in [6.45, 7) is 0. The van der Waals surface area contributed by atoms with Crippen LogP contribution in [0.4, 0.5) is 0 Å². The second-order valence-corrected chi connectivity index (χ2v) is 29.8. The Morgan fingerprint density at radius 3 is 1.27 bits per heavy atom. The SMILES string of the molecule is [U+2].[c-]1ccccc1-c1[c-]ccc(-c2ccc3[nH]c4ccc(CCCc5ccc(-c6nc(-c7ccc(CCCC8=Cc9c(oc%10ccc(-c%11ccc%12oc%13ccccc%13c%12c%11)cc9%10)CC8)cc7)nc(-c7ccc(CCCc8ccc9oc%10ccc(-c%11ccc%12[nH]c%13ccccc%13c%12c%11)cc%10c9c8)cc7)n6)cc5)cc4c3c2)c1. The number of para-hydroxylation sites is 2. The summed E-state index contributed by atoms with van der Waals surface area (Å²) in [5.41, 5.74) is 30.3. The molecular weight excluding hydrogens is 1580 g/mol. The van der Waals surface area contributed by atoms with Crippen molar-refractivity contribution in [2.24, 2.45) is 0 Å². The number of aryl methyl sites for hydroxylation is 6. The Morgan fingerprint density at radius 2 is 0.676 bits per heavy atom. The fourth-order valence-electron chi connectivity index (χ4n) is 16.9. The summed E-state index contributed by atoms with van der Waals surface area (Å²) in [4.78, 5) is 23.0. The first-order chi connectivity index (χ1) is 54.4. The zero-order valence-electron chi connectivity index (χ0n) is 61.1. The molecule has 0 spiro atoms. The van der Waals surface area contributed by atoms with Gasteiger partial charge in [-0.25, -0.2) is 26.1 Å². The molecule has 0 bridgehead atoms. The molecule has 20 aromatic rings. The number of hydrogen-bond acceptors (Lipinski definition) is 6. The van der Waals surface area contributed by atoms with Crippen molar-refractivity contribution in [1.82, 2.24) is 24.9 Å². The number of nitrogens with zero attached hydrogens (tertiary/aromatic N) is 3. The van der Waals surface area contributed by atoms with E-state index in [1.165, 1.54) is 93.7 Å². The Labute approximate surface area is 666 Å². The Balaban J connectivity index is 0.00000805. The van der Waals surface area contributed by atoms with Crippen LogP contribution in [-0.4, -0.2) is 24.9 Å².